The molecular weight excluding hydrogens is 279 g/mol. The molecule has 7 heteroatoms. The number of halogens is 1. The molecule has 6 nitrogen and oxygen atoms in total. The van der Waals surface area contributed by atoms with Crippen molar-refractivity contribution in [2.75, 3.05) is 11.9 Å². The SMILES string of the molecule is O=C(NCCc1ccco1)Nc1ccc(F)c(C(=O)O)c1. The van der Waals surface area contributed by atoms with Gasteiger partial charge >= 0.3 is 12.0 Å². The molecule has 2 amide bonds. The number of carboxylic acids is 1. The molecule has 1 aromatic heterocycles. The number of hydrogen-bond donors (Lipinski definition) is 3. The van der Waals surface area contributed by atoms with Crippen molar-refractivity contribution in [3.8, 4) is 0 Å². The molecule has 0 saturated heterocycles. The molecule has 3 N–H and O–H groups in total. The molecule has 0 atom stereocenters. The minimum atomic E-state index is -1.39. The number of rotatable bonds is 5. The number of amides is 2. The van der Waals surface area contributed by atoms with Gasteiger partial charge in [0.1, 0.15) is 11.6 Å². The topological polar surface area (TPSA) is 91.6 Å². The Hall–Kier alpha value is -2.83. The summed E-state index contributed by atoms with van der Waals surface area (Å²) in [6.45, 7) is 0.354. The van der Waals surface area contributed by atoms with Crippen molar-refractivity contribution in [3.63, 3.8) is 0 Å². The van der Waals surface area contributed by atoms with Crippen LogP contribution in [0.2, 0.25) is 0 Å². The molecule has 2 rings (SSSR count). The first-order chi connectivity index (χ1) is 10.1. The average molecular weight is 292 g/mol. The maximum Gasteiger partial charge on any atom is 0.338 e. The van der Waals surface area contributed by atoms with Crippen molar-refractivity contribution in [1.82, 2.24) is 5.32 Å². The van der Waals surface area contributed by atoms with E-state index in [0.717, 1.165) is 17.9 Å². The molecule has 0 aliphatic rings. The Morgan fingerprint density at radius 1 is 1.29 bits per heavy atom. The zero-order chi connectivity index (χ0) is 15.2. The van der Waals surface area contributed by atoms with Crippen LogP contribution in [-0.2, 0) is 6.42 Å². The lowest BCUT2D eigenvalue weighted by Gasteiger charge is -2.08. The molecule has 21 heavy (non-hydrogen) atoms. The summed E-state index contributed by atoms with van der Waals surface area (Å²) in [6, 6.07) is 6.36. The Bertz CT molecular complexity index is 640. The van der Waals surface area contributed by atoms with Crippen LogP contribution >= 0.6 is 0 Å². The summed E-state index contributed by atoms with van der Waals surface area (Å²) < 4.78 is 18.3. The van der Waals surface area contributed by atoms with E-state index in [0.29, 0.717) is 13.0 Å². The van der Waals surface area contributed by atoms with Crippen LogP contribution in [0, 0.1) is 5.82 Å². The standard InChI is InChI=1S/C14H13FN2O4/c15-12-4-3-9(8-11(12)13(18)19)17-14(20)16-6-5-10-2-1-7-21-10/h1-4,7-8H,5-6H2,(H,18,19)(H2,16,17,20). The zero-order valence-electron chi connectivity index (χ0n) is 10.9. The lowest BCUT2D eigenvalue weighted by molar-refractivity contribution is 0.0692. The Balaban J connectivity index is 1.87. The average Bonchev–Trinajstić information content (AvgIpc) is 2.94. The smallest absolute Gasteiger partial charge is 0.338 e. The highest BCUT2D eigenvalue weighted by Gasteiger charge is 2.11. The molecule has 0 radical (unpaired) electrons. The van der Waals surface area contributed by atoms with Crippen LogP contribution in [0.25, 0.3) is 0 Å². The largest absolute Gasteiger partial charge is 0.478 e. The fourth-order valence-electron chi connectivity index (χ4n) is 1.70. The summed E-state index contributed by atoms with van der Waals surface area (Å²) in [5.41, 5.74) is -0.298. The molecule has 0 fully saturated rings. The van der Waals surface area contributed by atoms with Crippen molar-refractivity contribution in [2.45, 2.75) is 6.42 Å². The maximum atomic E-state index is 13.2. The van der Waals surface area contributed by atoms with E-state index in [1.165, 1.54) is 6.07 Å². The lowest BCUT2D eigenvalue weighted by atomic mass is 10.2. The number of hydrogen-bond acceptors (Lipinski definition) is 3. The van der Waals surface area contributed by atoms with Crippen LogP contribution < -0.4 is 10.6 Å². The Morgan fingerprint density at radius 2 is 2.10 bits per heavy atom. The van der Waals surface area contributed by atoms with Crippen molar-refractivity contribution < 1.29 is 23.5 Å². The van der Waals surface area contributed by atoms with E-state index in [1.54, 1.807) is 18.4 Å². The molecule has 0 bridgehead atoms. The molecule has 110 valence electrons. The number of carbonyl (C=O) groups excluding carboxylic acids is 1. The van der Waals surface area contributed by atoms with Crippen LogP contribution in [0.4, 0.5) is 14.9 Å². The molecule has 0 aliphatic heterocycles. The fraction of sp³-hybridized carbons (Fsp3) is 0.143. The van der Waals surface area contributed by atoms with Crippen LogP contribution in [0.1, 0.15) is 16.1 Å². The maximum absolute atomic E-state index is 13.2. The van der Waals surface area contributed by atoms with Crippen molar-refractivity contribution >= 4 is 17.7 Å². The minimum Gasteiger partial charge on any atom is -0.478 e. The highest BCUT2D eigenvalue weighted by atomic mass is 19.1. The van der Waals surface area contributed by atoms with Gasteiger partial charge in [0.15, 0.2) is 0 Å². The van der Waals surface area contributed by atoms with Gasteiger partial charge in [-0.2, -0.15) is 0 Å². The van der Waals surface area contributed by atoms with Crippen LogP contribution in [0.3, 0.4) is 0 Å². The summed E-state index contributed by atoms with van der Waals surface area (Å²) in [5, 5.41) is 13.8. The van der Waals surface area contributed by atoms with Gasteiger partial charge in [0.25, 0.3) is 0 Å². The van der Waals surface area contributed by atoms with Crippen molar-refractivity contribution in [2.24, 2.45) is 0 Å². The fourth-order valence-corrected chi connectivity index (χ4v) is 1.70. The van der Waals surface area contributed by atoms with Crippen molar-refractivity contribution in [3.05, 3.63) is 53.7 Å². The number of aromatic carboxylic acids is 1. The molecule has 0 aliphatic carbocycles. The second kappa shape index (κ2) is 6.56. The van der Waals surface area contributed by atoms with Gasteiger partial charge in [-0.25, -0.2) is 14.0 Å². The number of furan rings is 1. The van der Waals surface area contributed by atoms with E-state index in [4.69, 9.17) is 9.52 Å². The lowest BCUT2D eigenvalue weighted by Crippen LogP contribution is -2.30. The highest BCUT2D eigenvalue weighted by molar-refractivity contribution is 5.93. The monoisotopic (exact) mass is 292 g/mol. The summed E-state index contributed by atoms with van der Waals surface area (Å²) >= 11 is 0. The molecular formula is C14H13FN2O4. The minimum absolute atomic E-state index is 0.198. The van der Waals surface area contributed by atoms with Crippen LogP contribution in [-0.4, -0.2) is 23.7 Å². The Labute approximate surface area is 119 Å². The van der Waals surface area contributed by atoms with Gasteiger partial charge in [0, 0.05) is 18.7 Å². The molecule has 1 heterocycles. The first kappa shape index (κ1) is 14.6. The van der Waals surface area contributed by atoms with Crippen LogP contribution in [0.15, 0.2) is 41.0 Å². The highest BCUT2D eigenvalue weighted by Crippen LogP contribution is 2.14. The van der Waals surface area contributed by atoms with Crippen LogP contribution in [0.5, 0.6) is 0 Å². The van der Waals surface area contributed by atoms with Gasteiger partial charge in [0.2, 0.25) is 0 Å². The van der Waals surface area contributed by atoms with Gasteiger partial charge in [-0.05, 0) is 30.3 Å². The zero-order valence-corrected chi connectivity index (χ0v) is 10.9. The summed E-state index contributed by atoms with van der Waals surface area (Å²) in [4.78, 5) is 22.4. The van der Waals surface area contributed by atoms with E-state index in [-0.39, 0.29) is 5.69 Å². The van der Waals surface area contributed by atoms with Gasteiger partial charge in [-0.3, -0.25) is 0 Å². The molecule has 0 saturated carbocycles. The molecule has 0 unspecified atom stereocenters. The Kier molecular flexibility index (Phi) is 4.55. The van der Waals surface area contributed by atoms with Gasteiger partial charge < -0.3 is 20.2 Å². The molecule has 0 spiro atoms. The van der Waals surface area contributed by atoms with Gasteiger partial charge in [-0.1, -0.05) is 0 Å². The number of nitrogens with one attached hydrogen (secondary N) is 2. The third-order valence-electron chi connectivity index (χ3n) is 2.69. The number of carbonyl (C=O) groups is 2. The summed E-state index contributed by atoms with van der Waals surface area (Å²) in [7, 11) is 0. The predicted octanol–water partition coefficient (Wildman–Crippen LogP) is 2.48. The third kappa shape index (κ3) is 4.07. The quantitative estimate of drug-likeness (QED) is 0.789. The van der Waals surface area contributed by atoms with Gasteiger partial charge in [-0.15, -0.1) is 0 Å². The summed E-state index contributed by atoms with van der Waals surface area (Å²) in [6.07, 6.45) is 2.07. The number of benzene rings is 1. The number of urea groups is 1. The van der Waals surface area contributed by atoms with Gasteiger partial charge in [0.05, 0.1) is 11.8 Å². The van der Waals surface area contributed by atoms with Crippen molar-refractivity contribution in [1.29, 1.82) is 0 Å². The third-order valence-corrected chi connectivity index (χ3v) is 2.69. The molecule has 2 aromatic rings. The van der Waals surface area contributed by atoms with E-state index in [1.807, 2.05) is 0 Å². The van der Waals surface area contributed by atoms with E-state index >= 15 is 0 Å². The summed E-state index contributed by atoms with van der Waals surface area (Å²) in [5.74, 6) is -1.51. The second-order valence-corrected chi connectivity index (χ2v) is 4.21. The first-order valence-electron chi connectivity index (χ1n) is 6.16. The normalized spacial score (nSPS) is 10.1. The predicted molar refractivity (Wildman–Crippen MR) is 72.8 cm³/mol. The first-order valence-corrected chi connectivity index (χ1v) is 6.16. The Morgan fingerprint density at radius 3 is 2.76 bits per heavy atom. The van der Waals surface area contributed by atoms with E-state index < -0.39 is 23.4 Å². The number of carboxylic acid groups (broad SMARTS) is 1. The van der Waals surface area contributed by atoms with E-state index in [9.17, 15) is 14.0 Å². The van der Waals surface area contributed by atoms with E-state index in [2.05, 4.69) is 10.6 Å². The molecule has 1 aromatic carbocycles. The second-order valence-electron chi connectivity index (χ2n) is 4.21. The number of anilines is 1.